The van der Waals surface area contributed by atoms with Crippen LogP contribution < -0.4 is 10.6 Å². The molecule has 4 rings (SSSR count). The number of hydrogen-bond acceptors (Lipinski definition) is 5. The average Bonchev–Trinajstić information content (AvgIpc) is 2.81. The van der Waals surface area contributed by atoms with E-state index in [0.717, 1.165) is 29.7 Å². The van der Waals surface area contributed by atoms with Gasteiger partial charge in [-0.2, -0.15) is 0 Å². The fourth-order valence-corrected chi connectivity index (χ4v) is 3.84. The molecule has 2 aliphatic rings. The number of aromatic nitrogens is 1. The molecule has 0 fully saturated rings. The molecular formula is C24H23FN4O2. The number of amides is 1. The highest BCUT2D eigenvalue weighted by Crippen LogP contribution is 2.33. The molecule has 0 saturated heterocycles. The molecule has 6 nitrogen and oxygen atoms in total. The number of halogens is 1. The largest absolute Gasteiger partial charge is 0.354 e. The molecule has 0 unspecified atom stereocenters. The monoisotopic (exact) mass is 418 g/mol. The highest BCUT2D eigenvalue weighted by Gasteiger charge is 2.21. The van der Waals surface area contributed by atoms with E-state index < -0.39 is 0 Å². The van der Waals surface area contributed by atoms with Crippen molar-refractivity contribution in [2.75, 3.05) is 25.5 Å². The van der Waals surface area contributed by atoms with Crippen molar-refractivity contribution in [2.24, 2.45) is 0 Å². The van der Waals surface area contributed by atoms with Crippen LogP contribution >= 0.6 is 0 Å². The lowest BCUT2D eigenvalue weighted by Crippen LogP contribution is -2.28. The zero-order valence-electron chi connectivity index (χ0n) is 17.5. The molecule has 0 saturated carbocycles. The Kier molecular flexibility index (Phi) is 5.80. The van der Waals surface area contributed by atoms with Crippen LogP contribution in [0.5, 0.6) is 0 Å². The molecule has 1 aromatic heterocycles. The quantitative estimate of drug-likeness (QED) is 0.745. The first-order chi connectivity index (χ1) is 15.0. The normalized spacial score (nSPS) is 15.9. The summed E-state index contributed by atoms with van der Waals surface area (Å²) in [5.74, 6) is 1.29. The van der Waals surface area contributed by atoms with Gasteiger partial charge in [0, 0.05) is 44.0 Å². The van der Waals surface area contributed by atoms with E-state index >= 15 is 4.39 Å². The minimum absolute atomic E-state index is 0.210. The number of fused-ring (bicyclic) bond motifs is 1. The highest BCUT2D eigenvalue weighted by molar-refractivity contribution is 5.92. The maximum absolute atomic E-state index is 15.1. The van der Waals surface area contributed by atoms with Crippen molar-refractivity contribution in [3.63, 3.8) is 0 Å². The van der Waals surface area contributed by atoms with Crippen LogP contribution in [0.1, 0.15) is 40.5 Å². The predicted octanol–water partition coefficient (Wildman–Crippen LogP) is 3.41. The van der Waals surface area contributed by atoms with Crippen molar-refractivity contribution in [3.8, 4) is 0 Å². The number of anilines is 1. The molecule has 0 bridgehead atoms. The van der Waals surface area contributed by atoms with Crippen molar-refractivity contribution in [1.29, 1.82) is 0 Å². The zero-order chi connectivity index (χ0) is 22.0. The first kappa shape index (κ1) is 20.7. The fourth-order valence-electron chi connectivity index (χ4n) is 3.84. The molecule has 158 valence electrons. The van der Waals surface area contributed by atoms with Gasteiger partial charge < -0.3 is 10.6 Å². The number of carbonyl (C=O) groups is 1. The van der Waals surface area contributed by atoms with Gasteiger partial charge in [-0.15, -0.1) is 0 Å². The van der Waals surface area contributed by atoms with Crippen LogP contribution in [-0.2, 0) is 11.3 Å². The minimum Gasteiger partial charge on any atom is -0.354 e. The van der Waals surface area contributed by atoms with E-state index in [1.54, 1.807) is 38.4 Å². The summed E-state index contributed by atoms with van der Waals surface area (Å²) in [6, 6.07) is 7.29. The zero-order valence-corrected chi connectivity index (χ0v) is 17.5. The molecule has 3 heterocycles. The Balaban J connectivity index is 1.46. The van der Waals surface area contributed by atoms with Gasteiger partial charge in [-0.05, 0) is 42.2 Å². The Morgan fingerprint density at radius 2 is 2.16 bits per heavy atom. The van der Waals surface area contributed by atoms with E-state index in [4.69, 9.17) is 0 Å². The van der Waals surface area contributed by atoms with Crippen LogP contribution in [0, 0.1) is 5.82 Å². The SMILES string of the molecule is CNC(=O)c1ccc(C2=CCN(Cc3ccc4c(c3F)NC(=C=O)C(C)=C4)CC2)cn1. The van der Waals surface area contributed by atoms with Crippen LogP contribution in [0.3, 0.4) is 0 Å². The Morgan fingerprint density at radius 1 is 1.32 bits per heavy atom. The highest BCUT2D eigenvalue weighted by atomic mass is 19.1. The fraction of sp³-hybridized carbons (Fsp3) is 0.250. The van der Waals surface area contributed by atoms with E-state index in [1.165, 1.54) is 5.57 Å². The summed E-state index contributed by atoms with van der Waals surface area (Å²) in [4.78, 5) is 29.1. The Hall–Kier alpha value is -3.54. The lowest BCUT2D eigenvalue weighted by atomic mass is 9.98. The maximum atomic E-state index is 15.1. The van der Waals surface area contributed by atoms with Gasteiger partial charge in [0.2, 0.25) is 0 Å². The number of benzene rings is 1. The number of nitrogens with zero attached hydrogens (tertiary/aromatic N) is 2. The molecule has 0 radical (unpaired) electrons. The molecule has 7 heteroatoms. The second kappa shape index (κ2) is 8.68. The molecule has 0 atom stereocenters. The summed E-state index contributed by atoms with van der Waals surface area (Å²) >= 11 is 0. The van der Waals surface area contributed by atoms with Crippen LogP contribution in [-0.4, -0.2) is 41.9 Å². The molecule has 2 aliphatic heterocycles. The second-order valence-electron chi connectivity index (χ2n) is 7.66. The summed E-state index contributed by atoms with van der Waals surface area (Å²) < 4.78 is 15.1. The third-order valence-electron chi connectivity index (χ3n) is 5.65. The van der Waals surface area contributed by atoms with Gasteiger partial charge in [0.1, 0.15) is 11.4 Å². The minimum atomic E-state index is -0.335. The predicted molar refractivity (Wildman–Crippen MR) is 118 cm³/mol. The molecule has 31 heavy (non-hydrogen) atoms. The van der Waals surface area contributed by atoms with Crippen LogP contribution in [0.25, 0.3) is 11.6 Å². The first-order valence-corrected chi connectivity index (χ1v) is 10.1. The number of pyridine rings is 1. The smallest absolute Gasteiger partial charge is 0.269 e. The van der Waals surface area contributed by atoms with E-state index in [-0.39, 0.29) is 17.4 Å². The number of hydrogen-bond donors (Lipinski definition) is 2. The van der Waals surface area contributed by atoms with Crippen molar-refractivity contribution in [2.45, 2.75) is 19.9 Å². The van der Waals surface area contributed by atoms with E-state index in [0.29, 0.717) is 30.0 Å². The number of nitrogens with one attached hydrogen (secondary N) is 2. The standard InChI is InChI=1S/C24H23FN4O2/c1-15-11-17-3-4-19(22(25)23(17)28-21(15)14-30)13-29-9-7-16(8-10-29)18-5-6-20(27-12-18)24(31)26-2/h3-7,11-12,28H,8-10,13H2,1-2H3,(H,26,31). The van der Waals surface area contributed by atoms with Gasteiger partial charge in [0.25, 0.3) is 5.91 Å². The summed E-state index contributed by atoms with van der Waals surface area (Å²) in [6.07, 6.45) is 6.44. The third-order valence-corrected chi connectivity index (χ3v) is 5.65. The van der Waals surface area contributed by atoms with Crippen molar-refractivity contribution < 1.29 is 14.0 Å². The first-order valence-electron chi connectivity index (χ1n) is 10.1. The molecular weight excluding hydrogens is 395 g/mol. The van der Waals surface area contributed by atoms with Crippen molar-refractivity contribution in [1.82, 2.24) is 15.2 Å². The number of rotatable bonds is 4. The van der Waals surface area contributed by atoms with Crippen LogP contribution in [0.2, 0.25) is 0 Å². The average molecular weight is 418 g/mol. The molecule has 0 aliphatic carbocycles. The van der Waals surface area contributed by atoms with Gasteiger partial charge in [0.15, 0.2) is 11.8 Å². The van der Waals surface area contributed by atoms with Crippen LogP contribution in [0.15, 0.2) is 47.8 Å². The maximum Gasteiger partial charge on any atom is 0.269 e. The summed E-state index contributed by atoms with van der Waals surface area (Å²) in [5.41, 5.74) is 5.19. The van der Waals surface area contributed by atoms with Gasteiger partial charge >= 0.3 is 0 Å². The van der Waals surface area contributed by atoms with Gasteiger partial charge in [0.05, 0.1) is 5.69 Å². The lowest BCUT2D eigenvalue weighted by molar-refractivity contribution is 0.0958. The van der Waals surface area contributed by atoms with E-state index in [2.05, 4.69) is 26.6 Å². The Morgan fingerprint density at radius 3 is 2.81 bits per heavy atom. The molecule has 0 spiro atoms. The molecule has 1 amide bonds. The summed E-state index contributed by atoms with van der Waals surface area (Å²) in [6.45, 7) is 3.74. The molecule has 1 aromatic carbocycles. The third kappa shape index (κ3) is 4.19. The Bertz CT molecular complexity index is 1140. The van der Waals surface area contributed by atoms with Crippen molar-refractivity contribution in [3.05, 3.63) is 76.0 Å². The Labute approximate surface area is 180 Å². The van der Waals surface area contributed by atoms with Gasteiger partial charge in [-0.1, -0.05) is 24.3 Å². The van der Waals surface area contributed by atoms with Gasteiger partial charge in [-0.3, -0.25) is 14.7 Å². The lowest BCUT2D eigenvalue weighted by Gasteiger charge is -2.27. The number of allylic oxidation sites excluding steroid dienone is 1. The molecule has 2 aromatic rings. The van der Waals surface area contributed by atoms with Gasteiger partial charge in [-0.25, -0.2) is 9.18 Å². The van der Waals surface area contributed by atoms with Crippen molar-refractivity contribution >= 4 is 29.2 Å². The second-order valence-corrected chi connectivity index (χ2v) is 7.66. The van der Waals surface area contributed by atoms with Crippen LogP contribution in [0.4, 0.5) is 10.1 Å². The topological polar surface area (TPSA) is 74.3 Å². The number of carbonyl (C=O) groups excluding carboxylic acids is 2. The van der Waals surface area contributed by atoms with E-state index in [1.807, 2.05) is 18.1 Å². The summed E-state index contributed by atoms with van der Waals surface area (Å²) in [5, 5.41) is 5.43. The molecule has 2 N–H and O–H groups in total. The van der Waals surface area contributed by atoms with E-state index in [9.17, 15) is 9.59 Å². The summed E-state index contributed by atoms with van der Waals surface area (Å²) in [7, 11) is 1.58.